The summed E-state index contributed by atoms with van der Waals surface area (Å²) in [6.45, 7) is 9.49. The van der Waals surface area contributed by atoms with Crippen LogP contribution < -0.4 is 0 Å². The third-order valence-corrected chi connectivity index (χ3v) is 12.9. The van der Waals surface area contributed by atoms with Gasteiger partial charge in [0.15, 0.2) is 0 Å². The topological polar surface area (TPSA) is 0 Å². The molecule has 0 N–H and O–H groups in total. The van der Waals surface area contributed by atoms with Crippen molar-refractivity contribution >= 4 is 32.3 Å². The van der Waals surface area contributed by atoms with Crippen molar-refractivity contribution in [2.24, 2.45) is 0 Å². The van der Waals surface area contributed by atoms with Crippen molar-refractivity contribution in [3.8, 4) is 55.6 Å². The molecule has 0 saturated carbocycles. The second-order valence-corrected chi connectivity index (χ2v) is 16.4. The van der Waals surface area contributed by atoms with Crippen molar-refractivity contribution in [1.82, 2.24) is 0 Å². The Balaban J connectivity index is 1.25. The fourth-order valence-electron chi connectivity index (χ4n) is 10.2. The van der Waals surface area contributed by atoms with Gasteiger partial charge in [0.1, 0.15) is 0 Å². The standard InChI is InChI=1S/C54H40/c1-53(2)46-21-11-9-16-38(46)44-32-37(27-29-48(44)53)50-39-17-7-8-18-40(39)51(43-20-13-23-49-52(43)42-19-10-12-22-47(42)54(49,3)4)41-28-26-36(31-45(41)50)35-25-24-33-14-5-6-15-34(33)30-35/h5-32H,1-4H3. The summed E-state index contributed by atoms with van der Waals surface area (Å²) in [5.74, 6) is 0. The van der Waals surface area contributed by atoms with Crippen LogP contribution in [0.25, 0.3) is 88.0 Å². The van der Waals surface area contributed by atoms with Gasteiger partial charge in [-0.1, -0.05) is 179 Å². The van der Waals surface area contributed by atoms with Crippen LogP contribution >= 0.6 is 0 Å². The Kier molecular flexibility index (Phi) is 6.46. The minimum Gasteiger partial charge on any atom is -0.0619 e. The summed E-state index contributed by atoms with van der Waals surface area (Å²) in [4.78, 5) is 0. The molecule has 2 aliphatic carbocycles. The van der Waals surface area contributed by atoms with Crippen LogP contribution in [-0.2, 0) is 10.8 Å². The Hall–Kier alpha value is -6.24. The van der Waals surface area contributed by atoms with E-state index >= 15 is 0 Å². The largest absolute Gasteiger partial charge is 0.0619 e. The molecule has 0 fully saturated rings. The van der Waals surface area contributed by atoms with E-state index in [4.69, 9.17) is 0 Å². The molecule has 9 aromatic rings. The second-order valence-electron chi connectivity index (χ2n) is 16.4. The predicted octanol–water partition coefficient (Wildman–Crippen LogP) is 14.8. The molecular formula is C54H40. The first-order valence-electron chi connectivity index (χ1n) is 19.3. The van der Waals surface area contributed by atoms with Crippen molar-refractivity contribution < 1.29 is 0 Å². The number of hydrogen-bond donors (Lipinski definition) is 0. The van der Waals surface area contributed by atoms with E-state index in [2.05, 4.69) is 198 Å². The summed E-state index contributed by atoms with van der Waals surface area (Å²) in [5, 5.41) is 7.65. The molecule has 11 rings (SSSR count). The van der Waals surface area contributed by atoms with Gasteiger partial charge in [-0.3, -0.25) is 0 Å². The molecule has 0 nitrogen and oxygen atoms in total. The van der Waals surface area contributed by atoms with E-state index in [0.717, 1.165) is 0 Å². The molecule has 0 bridgehead atoms. The van der Waals surface area contributed by atoms with Crippen LogP contribution in [-0.4, -0.2) is 0 Å². The van der Waals surface area contributed by atoms with Crippen molar-refractivity contribution in [2.45, 2.75) is 38.5 Å². The summed E-state index contributed by atoms with van der Waals surface area (Å²) >= 11 is 0. The van der Waals surface area contributed by atoms with Crippen LogP contribution in [0.5, 0.6) is 0 Å². The van der Waals surface area contributed by atoms with Gasteiger partial charge in [-0.25, -0.2) is 0 Å². The maximum atomic E-state index is 2.48. The van der Waals surface area contributed by atoms with Gasteiger partial charge in [0, 0.05) is 10.8 Å². The molecule has 0 heterocycles. The lowest BCUT2D eigenvalue weighted by atomic mass is 9.80. The lowest BCUT2D eigenvalue weighted by Crippen LogP contribution is -2.14. The first kappa shape index (κ1) is 31.3. The lowest BCUT2D eigenvalue weighted by Gasteiger charge is -2.23. The molecule has 0 heteroatoms. The van der Waals surface area contributed by atoms with E-state index < -0.39 is 0 Å². The Morgan fingerprint density at radius 1 is 0.278 bits per heavy atom. The summed E-state index contributed by atoms with van der Waals surface area (Å²) in [7, 11) is 0. The fourth-order valence-corrected chi connectivity index (χ4v) is 10.2. The molecule has 2 aliphatic rings. The van der Waals surface area contributed by atoms with Gasteiger partial charge >= 0.3 is 0 Å². The third kappa shape index (κ3) is 4.26. The first-order chi connectivity index (χ1) is 26.3. The van der Waals surface area contributed by atoms with Crippen LogP contribution in [0.4, 0.5) is 0 Å². The zero-order chi connectivity index (χ0) is 36.3. The summed E-state index contributed by atoms with van der Waals surface area (Å²) in [5.41, 5.74) is 18.5. The van der Waals surface area contributed by atoms with Gasteiger partial charge in [-0.2, -0.15) is 0 Å². The minimum absolute atomic E-state index is 0.0422. The zero-order valence-corrected chi connectivity index (χ0v) is 31.2. The molecule has 0 unspecified atom stereocenters. The summed E-state index contributed by atoms with van der Waals surface area (Å²) in [6, 6.07) is 64.2. The van der Waals surface area contributed by atoms with Gasteiger partial charge in [0.05, 0.1) is 0 Å². The number of hydrogen-bond acceptors (Lipinski definition) is 0. The highest BCUT2D eigenvalue weighted by molar-refractivity contribution is 6.23. The molecule has 0 spiro atoms. The average molecular weight is 689 g/mol. The normalized spacial score (nSPS) is 14.6. The van der Waals surface area contributed by atoms with Crippen LogP contribution in [0.3, 0.4) is 0 Å². The van der Waals surface area contributed by atoms with Gasteiger partial charge in [0.2, 0.25) is 0 Å². The van der Waals surface area contributed by atoms with Crippen LogP contribution in [0.15, 0.2) is 170 Å². The van der Waals surface area contributed by atoms with E-state index in [1.54, 1.807) is 0 Å². The molecule has 0 atom stereocenters. The lowest BCUT2D eigenvalue weighted by molar-refractivity contribution is 0.660. The Bertz CT molecular complexity index is 3040. The number of fused-ring (bicyclic) bond motifs is 9. The molecular weight excluding hydrogens is 649 g/mol. The molecule has 9 aromatic carbocycles. The van der Waals surface area contributed by atoms with Crippen molar-refractivity contribution in [2.75, 3.05) is 0 Å². The summed E-state index contributed by atoms with van der Waals surface area (Å²) in [6.07, 6.45) is 0. The van der Waals surface area contributed by atoms with Crippen molar-refractivity contribution in [3.05, 3.63) is 192 Å². The molecule has 0 saturated heterocycles. The second kappa shape index (κ2) is 11.1. The highest BCUT2D eigenvalue weighted by Gasteiger charge is 2.38. The first-order valence-corrected chi connectivity index (χ1v) is 19.3. The Morgan fingerprint density at radius 3 is 1.63 bits per heavy atom. The molecule has 0 radical (unpaired) electrons. The van der Waals surface area contributed by atoms with Crippen molar-refractivity contribution in [3.63, 3.8) is 0 Å². The highest BCUT2D eigenvalue weighted by atomic mass is 14.4. The van der Waals surface area contributed by atoms with E-state index in [1.807, 2.05) is 0 Å². The van der Waals surface area contributed by atoms with Gasteiger partial charge in [-0.15, -0.1) is 0 Å². The van der Waals surface area contributed by atoms with Gasteiger partial charge < -0.3 is 0 Å². The molecule has 54 heavy (non-hydrogen) atoms. The van der Waals surface area contributed by atoms with E-state index in [-0.39, 0.29) is 10.8 Å². The van der Waals surface area contributed by atoms with E-state index in [1.165, 1.54) is 110 Å². The van der Waals surface area contributed by atoms with Crippen LogP contribution in [0.2, 0.25) is 0 Å². The highest BCUT2D eigenvalue weighted by Crippen LogP contribution is 2.55. The quantitative estimate of drug-likeness (QED) is 0.162. The predicted molar refractivity (Wildman–Crippen MR) is 230 cm³/mol. The van der Waals surface area contributed by atoms with E-state index in [9.17, 15) is 0 Å². The number of benzene rings is 9. The fraction of sp³-hybridized carbons (Fsp3) is 0.111. The van der Waals surface area contributed by atoms with Crippen LogP contribution in [0.1, 0.15) is 49.9 Å². The Labute approximate surface area is 317 Å². The smallest absolute Gasteiger partial charge is 0.0159 e. The third-order valence-electron chi connectivity index (χ3n) is 12.9. The van der Waals surface area contributed by atoms with Gasteiger partial charge in [-0.05, 0) is 128 Å². The minimum atomic E-state index is -0.0782. The summed E-state index contributed by atoms with van der Waals surface area (Å²) < 4.78 is 0. The SMILES string of the molecule is CC1(C)c2ccccc2-c2cc(-c3c4ccccc4c(-c4cccc5c4-c4ccccc4C5(C)C)c4ccc(-c5ccc6ccccc6c5)cc34)ccc21. The van der Waals surface area contributed by atoms with Gasteiger partial charge in [0.25, 0.3) is 0 Å². The maximum absolute atomic E-state index is 2.48. The zero-order valence-electron chi connectivity index (χ0n) is 31.2. The molecule has 256 valence electrons. The Morgan fingerprint density at radius 2 is 0.815 bits per heavy atom. The monoisotopic (exact) mass is 688 g/mol. The maximum Gasteiger partial charge on any atom is 0.0159 e. The molecule has 0 aliphatic heterocycles. The van der Waals surface area contributed by atoms with Crippen LogP contribution in [0, 0.1) is 0 Å². The number of rotatable bonds is 3. The van der Waals surface area contributed by atoms with Crippen molar-refractivity contribution in [1.29, 1.82) is 0 Å². The average Bonchev–Trinajstić information content (AvgIpc) is 3.59. The van der Waals surface area contributed by atoms with E-state index in [0.29, 0.717) is 0 Å². The molecule has 0 aromatic heterocycles. The molecule has 0 amide bonds.